The smallest absolute Gasteiger partial charge is 0.156 e. The summed E-state index contributed by atoms with van der Waals surface area (Å²) < 4.78 is 1.74. The fourth-order valence-electron chi connectivity index (χ4n) is 1.44. The Morgan fingerprint density at radius 3 is 2.93 bits per heavy atom. The third-order valence-corrected chi connectivity index (χ3v) is 2.11. The maximum absolute atomic E-state index is 4.13. The van der Waals surface area contributed by atoms with E-state index in [0.29, 0.717) is 0 Å². The van der Waals surface area contributed by atoms with Crippen LogP contribution >= 0.6 is 0 Å². The van der Waals surface area contributed by atoms with E-state index in [1.54, 1.807) is 10.9 Å². The molecule has 0 aromatic carbocycles. The maximum Gasteiger partial charge on any atom is 0.156 e. The topological polar surface area (TPSA) is 56.5 Å². The summed E-state index contributed by atoms with van der Waals surface area (Å²) in [4.78, 5) is 4.13. The molecule has 5 nitrogen and oxygen atoms in total. The van der Waals surface area contributed by atoms with Gasteiger partial charge in [0.1, 0.15) is 0 Å². The second-order valence-corrected chi connectivity index (χ2v) is 3.48. The van der Waals surface area contributed by atoms with Gasteiger partial charge in [-0.15, -0.1) is 5.10 Å². The van der Waals surface area contributed by atoms with Gasteiger partial charge in [-0.1, -0.05) is 6.92 Å². The molecule has 78 valence electrons. The van der Waals surface area contributed by atoms with Crippen LogP contribution in [0.2, 0.25) is 0 Å². The van der Waals surface area contributed by atoms with Crippen LogP contribution in [-0.2, 0) is 6.42 Å². The van der Waals surface area contributed by atoms with E-state index >= 15 is 0 Å². The van der Waals surface area contributed by atoms with Crippen molar-refractivity contribution in [3.8, 4) is 5.69 Å². The summed E-state index contributed by atoms with van der Waals surface area (Å²) in [6.07, 6.45) is 5.48. The highest BCUT2D eigenvalue weighted by Gasteiger charge is 2.06. The maximum atomic E-state index is 4.13. The molecular weight excluding hydrogens is 190 g/mol. The Morgan fingerprint density at radius 1 is 1.33 bits per heavy atom. The zero-order valence-corrected chi connectivity index (χ0v) is 8.88. The first-order valence-electron chi connectivity index (χ1n) is 5.00. The molecule has 0 saturated carbocycles. The molecule has 0 fully saturated rings. The van der Waals surface area contributed by atoms with Crippen LogP contribution < -0.4 is 0 Å². The molecule has 2 aromatic heterocycles. The first-order chi connectivity index (χ1) is 7.31. The lowest BCUT2D eigenvalue weighted by molar-refractivity contribution is 0.742. The van der Waals surface area contributed by atoms with Crippen LogP contribution in [0.15, 0.2) is 18.5 Å². The molecule has 5 heteroatoms. The molecular formula is C10H13N5. The zero-order chi connectivity index (χ0) is 10.7. The molecule has 0 spiro atoms. The van der Waals surface area contributed by atoms with Crippen LogP contribution in [-0.4, -0.2) is 25.2 Å². The van der Waals surface area contributed by atoms with E-state index in [2.05, 4.69) is 27.4 Å². The lowest BCUT2D eigenvalue weighted by Crippen LogP contribution is -2.03. The van der Waals surface area contributed by atoms with Gasteiger partial charge in [0.2, 0.25) is 0 Å². The van der Waals surface area contributed by atoms with Crippen LogP contribution in [0.1, 0.15) is 24.7 Å². The minimum Gasteiger partial charge on any atom is -0.262 e. The summed E-state index contributed by atoms with van der Waals surface area (Å²) in [5.41, 5.74) is 2.02. The Morgan fingerprint density at radius 2 is 2.20 bits per heavy atom. The van der Waals surface area contributed by atoms with Crippen LogP contribution in [0.5, 0.6) is 0 Å². The number of rotatable bonds is 3. The zero-order valence-electron chi connectivity index (χ0n) is 8.88. The number of pyridine rings is 1. The molecule has 0 aliphatic heterocycles. The second kappa shape index (κ2) is 4.16. The molecule has 0 unspecified atom stereocenters. The fourth-order valence-corrected chi connectivity index (χ4v) is 1.44. The fraction of sp³-hybridized carbons (Fsp3) is 0.400. The predicted molar refractivity (Wildman–Crippen MR) is 55.7 cm³/mol. The quantitative estimate of drug-likeness (QED) is 0.754. The number of hydrogen-bond donors (Lipinski definition) is 0. The van der Waals surface area contributed by atoms with E-state index in [9.17, 15) is 0 Å². The summed E-state index contributed by atoms with van der Waals surface area (Å²) in [7, 11) is 0. The Balaban J connectivity index is 2.40. The Hall–Kier alpha value is -1.78. The molecule has 0 aliphatic rings. The van der Waals surface area contributed by atoms with Crippen molar-refractivity contribution < 1.29 is 0 Å². The molecule has 0 amide bonds. The van der Waals surface area contributed by atoms with Crippen molar-refractivity contribution in [1.82, 2.24) is 25.2 Å². The third kappa shape index (κ3) is 2.01. The molecule has 15 heavy (non-hydrogen) atoms. The Labute approximate surface area is 88.2 Å². The highest BCUT2D eigenvalue weighted by Crippen LogP contribution is 2.09. The van der Waals surface area contributed by atoms with Gasteiger partial charge in [0.25, 0.3) is 0 Å². The summed E-state index contributed by atoms with van der Waals surface area (Å²) >= 11 is 0. The van der Waals surface area contributed by atoms with Crippen LogP contribution in [0, 0.1) is 6.92 Å². The Bertz CT molecular complexity index is 449. The lowest BCUT2D eigenvalue weighted by atomic mass is 10.3. The van der Waals surface area contributed by atoms with Crippen LogP contribution in [0.3, 0.4) is 0 Å². The molecule has 0 saturated heterocycles. The standard InChI is InChI=1S/C10H13N5/c1-3-4-10-12-13-14-15(10)9-5-8(2)6-11-7-9/h5-7H,3-4H2,1-2H3. The third-order valence-electron chi connectivity index (χ3n) is 2.11. The van der Waals surface area contributed by atoms with Gasteiger partial charge in [-0.25, -0.2) is 0 Å². The lowest BCUT2D eigenvalue weighted by Gasteiger charge is -2.03. The number of tetrazole rings is 1. The van der Waals surface area contributed by atoms with Crippen molar-refractivity contribution >= 4 is 0 Å². The summed E-state index contributed by atoms with van der Waals surface area (Å²) in [5, 5.41) is 11.6. The molecule has 2 heterocycles. The van der Waals surface area contributed by atoms with E-state index in [1.807, 2.05) is 19.2 Å². The van der Waals surface area contributed by atoms with Crippen LogP contribution in [0.4, 0.5) is 0 Å². The van der Waals surface area contributed by atoms with E-state index in [4.69, 9.17) is 0 Å². The highest BCUT2D eigenvalue weighted by molar-refractivity contribution is 5.30. The molecule has 2 aromatic rings. The SMILES string of the molecule is CCCc1nnnn1-c1cncc(C)c1. The first kappa shape index (κ1) is 9.76. The van der Waals surface area contributed by atoms with Crippen molar-refractivity contribution in [1.29, 1.82) is 0 Å². The van der Waals surface area contributed by atoms with E-state index in [0.717, 1.165) is 29.9 Å². The van der Waals surface area contributed by atoms with Gasteiger partial charge in [0.05, 0.1) is 11.9 Å². The normalized spacial score (nSPS) is 10.5. The monoisotopic (exact) mass is 203 g/mol. The predicted octanol–water partition coefficient (Wildman–Crippen LogP) is 1.32. The molecule has 2 rings (SSSR count). The number of aromatic nitrogens is 5. The average Bonchev–Trinajstić information content (AvgIpc) is 2.66. The van der Waals surface area contributed by atoms with Crippen molar-refractivity contribution in [2.24, 2.45) is 0 Å². The van der Waals surface area contributed by atoms with Crippen molar-refractivity contribution in [2.75, 3.05) is 0 Å². The number of hydrogen-bond acceptors (Lipinski definition) is 4. The molecule has 0 atom stereocenters. The van der Waals surface area contributed by atoms with Gasteiger partial charge in [-0.3, -0.25) is 4.98 Å². The molecule has 0 aliphatic carbocycles. The molecule has 0 radical (unpaired) electrons. The van der Waals surface area contributed by atoms with E-state index < -0.39 is 0 Å². The van der Waals surface area contributed by atoms with Crippen molar-refractivity contribution in [2.45, 2.75) is 26.7 Å². The van der Waals surface area contributed by atoms with Crippen LogP contribution in [0.25, 0.3) is 5.69 Å². The minimum atomic E-state index is 0.876. The van der Waals surface area contributed by atoms with Gasteiger partial charge < -0.3 is 0 Å². The summed E-state index contributed by atoms with van der Waals surface area (Å²) in [6.45, 7) is 4.11. The molecule has 0 bridgehead atoms. The summed E-state index contributed by atoms with van der Waals surface area (Å²) in [5.74, 6) is 0.880. The van der Waals surface area contributed by atoms with Crippen molar-refractivity contribution in [3.05, 3.63) is 29.8 Å². The van der Waals surface area contributed by atoms with Crippen molar-refractivity contribution in [3.63, 3.8) is 0 Å². The van der Waals surface area contributed by atoms with Gasteiger partial charge in [-0.05, 0) is 35.4 Å². The van der Waals surface area contributed by atoms with Gasteiger partial charge in [-0.2, -0.15) is 4.68 Å². The minimum absolute atomic E-state index is 0.876. The van der Waals surface area contributed by atoms with Gasteiger partial charge >= 0.3 is 0 Å². The van der Waals surface area contributed by atoms with E-state index in [-0.39, 0.29) is 0 Å². The van der Waals surface area contributed by atoms with Gasteiger partial charge in [0, 0.05) is 12.6 Å². The van der Waals surface area contributed by atoms with E-state index in [1.165, 1.54) is 0 Å². The summed E-state index contributed by atoms with van der Waals surface area (Å²) in [6, 6.07) is 2.02. The number of aryl methyl sites for hydroxylation is 2. The number of nitrogens with zero attached hydrogens (tertiary/aromatic N) is 5. The Kier molecular flexibility index (Phi) is 2.71. The first-order valence-corrected chi connectivity index (χ1v) is 5.00. The highest BCUT2D eigenvalue weighted by atomic mass is 15.5. The second-order valence-electron chi connectivity index (χ2n) is 3.48. The van der Waals surface area contributed by atoms with Gasteiger partial charge in [0.15, 0.2) is 5.82 Å². The molecule has 0 N–H and O–H groups in total. The average molecular weight is 203 g/mol. The largest absolute Gasteiger partial charge is 0.262 e.